The summed E-state index contributed by atoms with van der Waals surface area (Å²) in [5.41, 5.74) is 1.17. The summed E-state index contributed by atoms with van der Waals surface area (Å²) in [6.45, 7) is 1.88. The number of hydrogen-bond donors (Lipinski definition) is 1. The van der Waals surface area contributed by atoms with Crippen LogP contribution in [0, 0.1) is 0 Å². The van der Waals surface area contributed by atoms with E-state index < -0.39 is 5.91 Å². The van der Waals surface area contributed by atoms with Crippen LogP contribution >= 0.6 is 0 Å². The van der Waals surface area contributed by atoms with Gasteiger partial charge in [0, 0.05) is 6.07 Å². The Balaban J connectivity index is 1.88. The van der Waals surface area contributed by atoms with Crippen molar-refractivity contribution in [2.24, 2.45) is 0 Å². The summed E-state index contributed by atoms with van der Waals surface area (Å²) in [5, 5.41) is 3.30. The molecule has 1 N–H and O–H groups in total. The maximum Gasteiger partial charge on any atom is 0.287 e. The molecule has 3 rings (SSSR count). The number of hydrogen-bond acceptors (Lipinski definition) is 3. The van der Waals surface area contributed by atoms with Crippen LogP contribution in [-0.4, -0.2) is 5.91 Å². The minimum Gasteiger partial charge on any atom is -0.451 e. The number of carbonyl (C=O) groups is 1. The fourth-order valence-corrected chi connectivity index (χ4v) is 2.31. The molecule has 0 aliphatic carbocycles. The van der Waals surface area contributed by atoms with Crippen LogP contribution < -0.4 is 10.7 Å². The van der Waals surface area contributed by atoms with Gasteiger partial charge in [0.2, 0.25) is 0 Å². The summed E-state index contributed by atoms with van der Waals surface area (Å²) in [7, 11) is 0. The lowest BCUT2D eigenvalue weighted by Crippen LogP contribution is -2.27. The van der Waals surface area contributed by atoms with Gasteiger partial charge < -0.3 is 9.73 Å². The third-order valence-electron chi connectivity index (χ3n) is 3.51. The maximum atomic E-state index is 12.3. The van der Waals surface area contributed by atoms with Crippen molar-refractivity contribution in [3.63, 3.8) is 0 Å². The molecule has 1 amide bonds. The second-order valence-electron chi connectivity index (χ2n) is 5.08. The molecule has 0 unspecified atom stereocenters. The number of amides is 1. The molecule has 1 aromatic heterocycles. The fourth-order valence-electron chi connectivity index (χ4n) is 2.31. The summed E-state index contributed by atoms with van der Waals surface area (Å²) < 4.78 is 5.53. The number of para-hydroxylation sites is 1. The summed E-state index contributed by atoms with van der Waals surface area (Å²) in [6.07, 6.45) is 0. The molecular weight excluding hydrogens is 278 g/mol. The molecule has 1 atom stereocenters. The first-order valence-electron chi connectivity index (χ1n) is 7.04. The van der Waals surface area contributed by atoms with Crippen LogP contribution in [-0.2, 0) is 0 Å². The molecule has 3 aromatic rings. The predicted molar refractivity (Wildman–Crippen MR) is 84.8 cm³/mol. The Morgan fingerprint density at radius 2 is 1.73 bits per heavy atom. The van der Waals surface area contributed by atoms with Crippen LogP contribution in [0.3, 0.4) is 0 Å². The van der Waals surface area contributed by atoms with Gasteiger partial charge in [0.25, 0.3) is 5.91 Å². The van der Waals surface area contributed by atoms with Gasteiger partial charge in [0.05, 0.1) is 11.4 Å². The number of benzene rings is 2. The van der Waals surface area contributed by atoms with E-state index in [1.807, 2.05) is 37.3 Å². The first-order valence-corrected chi connectivity index (χ1v) is 7.04. The van der Waals surface area contributed by atoms with E-state index in [9.17, 15) is 9.59 Å². The van der Waals surface area contributed by atoms with E-state index in [1.165, 1.54) is 6.07 Å². The van der Waals surface area contributed by atoms with Crippen LogP contribution in [0.2, 0.25) is 0 Å². The Morgan fingerprint density at radius 3 is 2.50 bits per heavy atom. The number of carbonyl (C=O) groups excluding carboxylic acids is 1. The molecule has 0 aliphatic heterocycles. The lowest BCUT2D eigenvalue weighted by Gasteiger charge is -2.13. The SMILES string of the molecule is C[C@@H](NC(=O)c1cc(=O)c2ccccc2o1)c1ccccc1. The highest BCUT2D eigenvalue weighted by Gasteiger charge is 2.15. The Labute approximate surface area is 127 Å². The molecule has 22 heavy (non-hydrogen) atoms. The molecular formula is C18H15NO3. The van der Waals surface area contributed by atoms with Gasteiger partial charge in [-0.15, -0.1) is 0 Å². The van der Waals surface area contributed by atoms with Gasteiger partial charge in [-0.2, -0.15) is 0 Å². The zero-order valence-corrected chi connectivity index (χ0v) is 12.1. The minimum atomic E-state index is -0.404. The standard InChI is InChI=1S/C18H15NO3/c1-12(13-7-3-2-4-8-13)19-18(21)17-11-15(20)14-9-5-6-10-16(14)22-17/h2-12H,1H3,(H,19,21)/t12-/m1/s1. The highest BCUT2D eigenvalue weighted by Crippen LogP contribution is 2.14. The molecule has 110 valence electrons. The smallest absolute Gasteiger partial charge is 0.287 e. The van der Waals surface area contributed by atoms with Crippen LogP contribution in [0.1, 0.15) is 29.1 Å². The van der Waals surface area contributed by atoms with Crippen molar-refractivity contribution >= 4 is 16.9 Å². The van der Waals surface area contributed by atoms with Crippen molar-refractivity contribution in [1.29, 1.82) is 0 Å². The van der Waals surface area contributed by atoms with Crippen molar-refractivity contribution in [2.75, 3.05) is 0 Å². The number of fused-ring (bicyclic) bond motifs is 1. The van der Waals surface area contributed by atoms with Gasteiger partial charge in [-0.1, -0.05) is 42.5 Å². The molecule has 4 heteroatoms. The van der Waals surface area contributed by atoms with Gasteiger partial charge in [-0.3, -0.25) is 9.59 Å². The topological polar surface area (TPSA) is 59.3 Å². The second kappa shape index (κ2) is 5.85. The molecule has 0 bridgehead atoms. The Kier molecular flexibility index (Phi) is 3.74. The van der Waals surface area contributed by atoms with Crippen LogP contribution in [0.4, 0.5) is 0 Å². The lowest BCUT2D eigenvalue weighted by atomic mass is 10.1. The summed E-state index contributed by atoms with van der Waals surface area (Å²) in [5.74, 6) is -0.384. The molecule has 0 fully saturated rings. The van der Waals surface area contributed by atoms with E-state index in [4.69, 9.17) is 4.42 Å². The van der Waals surface area contributed by atoms with Crippen LogP contribution in [0.5, 0.6) is 0 Å². The first-order chi connectivity index (χ1) is 10.6. The van der Waals surface area contributed by atoms with E-state index in [2.05, 4.69) is 5.32 Å². The average Bonchev–Trinajstić information content (AvgIpc) is 2.55. The lowest BCUT2D eigenvalue weighted by molar-refractivity contribution is 0.0912. The van der Waals surface area contributed by atoms with E-state index in [0.717, 1.165) is 5.56 Å². The molecule has 0 radical (unpaired) electrons. The van der Waals surface area contributed by atoms with Crippen molar-refractivity contribution in [1.82, 2.24) is 5.32 Å². The molecule has 0 saturated heterocycles. The second-order valence-corrected chi connectivity index (χ2v) is 5.08. The number of nitrogens with one attached hydrogen (secondary N) is 1. The van der Waals surface area contributed by atoms with Gasteiger partial charge in [0.1, 0.15) is 5.58 Å². The largest absolute Gasteiger partial charge is 0.451 e. The quantitative estimate of drug-likeness (QED) is 0.806. The third kappa shape index (κ3) is 2.76. The Morgan fingerprint density at radius 1 is 1.05 bits per heavy atom. The highest BCUT2D eigenvalue weighted by molar-refractivity contribution is 5.93. The predicted octanol–water partition coefficient (Wildman–Crippen LogP) is 3.28. The van der Waals surface area contributed by atoms with Crippen molar-refractivity contribution < 1.29 is 9.21 Å². The molecule has 1 heterocycles. The van der Waals surface area contributed by atoms with Gasteiger partial charge >= 0.3 is 0 Å². The third-order valence-corrected chi connectivity index (χ3v) is 3.51. The van der Waals surface area contributed by atoms with Crippen molar-refractivity contribution in [2.45, 2.75) is 13.0 Å². The average molecular weight is 293 g/mol. The van der Waals surface area contributed by atoms with E-state index in [-0.39, 0.29) is 17.2 Å². The maximum absolute atomic E-state index is 12.3. The fraction of sp³-hybridized carbons (Fsp3) is 0.111. The zero-order chi connectivity index (χ0) is 15.5. The molecule has 0 saturated carbocycles. The monoisotopic (exact) mass is 293 g/mol. The Bertz CT molecular complexity index is 868. The molecule has 4 nitrogen and oxygen atoms in total. The summed E-state index contributed by atoms with van der Waals surface area (Å²) >= 11 is 0. The normalized spacial score (nSPS) is 12.0. The molecule has 0 aliphatic rings. The van der Waals surface area contributed by atoms with Gasteiger partial charge in [0.15, 0.2) is 11.2 Å². The highest BCUT2D eigenvalue weighted by atomic mass is 16.3. The summed E-state index contributed by atoms with van der Waals surface area (Å²) in [6, 6.07) is 17.5. The van der Waals surface area contributed by atoms with Crippen molar-refractivity contribution in [3.8, 4) is 0 Å². The molecule has 2 aromatic carbocycles. The Hall–Kier alpha value is -2.88. The molecule has 0 spiro atoms. The minimum absolute atomic E-state index is 0.0199. The van der Waals surface area contributed by atoms with E-state index >= 15 is 0 Å². The van der Waals surface area contributed by atoms with Gasteiger partial charge in [-0.25, -0.2) is 0 Å². The van der Waals surface area contributed by atoms with Crippen LogP contribution in [0.15, 0.2) is 69.9 Å². The van der Waals surface area contributed by atoms with Crippen molar-refractivity contribution in [3.05, 3.63) is 82.2 Å². The summed E-state index contributed by atoms with van der Waals surface area (Å²) in [4.78, 5) is 24.3. The van der Waals surface area contributed by atoms with Gasteiger partial charge in [-0.05, 0) is 24.6 Å². The van der Waals surface area contributed by atoms with Crippen LogP contribution in [0.25, 0.3) is 11.0 Å². The number of rotatable bonds is 3. The van der Waals surface area contributed by atoms with E-state index in [0.29, 0.717) is 11.0 Å². The first kappa shape index (κ1) is 14.1. The zero-order valence-electron chi connectivity index (χ0n) is 12.1. The van der Waals surface area contributed by atoms with E-state index in [1.54, 1.807) is 24.3 Å².